The van der Waals surface area contributed by atoms with E-state index in [0.29, 0.717) is 17.2 Å². The van der Waals surface area contributed by atoms with E-state index in [1.165, 1.54) is 11.8 Å². The Balaban J connectivity index is 0.00000192. The Hall–Kier alpha value is -1.86. The molecule has 7 nitrogen and oxygen atoms in total. The molecule has 8 heteroatoms. The van der Waals surface area contributed by atoms with Crippen molar-refractivity contribution in [3.63, 3.8) is 0 Å². The van der Waals surface area contributed by atoms with Crippen LogP contribution in [-0.4, -0.2) is 41.5 Å². The van der Waals surface area contributed by atoms with E-state index >= 15 is 0 Å². The third kappa shape index (κ3) is 3.25. The van der Waals surface area contributed by atoms with Gasteiger partial charge in [-0.05, 0) is 31.4 Å². The third-order valence-electron chi connectivity index (χ3n) is 4.35. The number of methoxy groups -OCH3 is 1. The van der Waals surface area contributed by atoms with Crippen molar-refractivity contribution in [3.8, 4) is 5.88 Å². The molecular formula is C15H22ClN5O2. The summed E-state index contributed by atoms with van der Waals surface area (Å²) in [5.41, 5.74) is 5.54. The molecule has 2 N–H and O–H groups in total. The molecule has 0 unspecified atom stereocenters. The number of aryl methyl sites for hydroxylation is 1. The van der Waals surface area contributed by atoms with Crippen molar-refractivity contribution in [3.05, 3.63) is 22.6 Å². The molecule has 0 bridgehead atoms. The molecule has 126 valence electrons. The zero-order valence-electron chi connectivity index (χ0n) is 13.4. The standard InChI is InChI=1S/C15H21N5O2.ClH/c1-19-15(21)13-11(9-17-19)7-12(18-14(13)22-2)20-5-3-10(8-16)4-6-20;/h7,9-10H,3-6,8,16H2,1-2H3;1H. The molecule has 1 saturated heterocycles. The highest BCUT2D eigenvalue weighted by Crippen LogP contribution is 2.27. The van der Waals surface area contributed by atoms with Crippen LogP contribution in [0.5, 0.6) is 5.88 Å². The van der Waals surface area contributed by atoms with Crippen LogP contribution in [0.1, 0.15) is 12.8 Å². The summed E-state index contributed by atoms with van der Waals surface area (Å²) in [5, 5.41) is 5.31. The predicted octanol–water partition coefficient (Wildman–Crippen LogP) is 0.934. The lowest BCUT2D eigenvalue weighted by molar-refractivity contribution is 0.396. The van der Waals surface area contributed by atoms with Gasteiger partial charge in [0, 0.05) is 25.5 Å². The van der Waals surface area contributed by atoms with E-state index in [9.17, 15) is 4.79 Å². The first-order valence-corrected chi connectivity index (χ1v) is 7.50. The quantitative estimate of drug-likeness (QED) is 0.895. The molecule has 1 fully saturated rings. The zero-order valence-corrected chi connectivity index (χ0v) is 14.2. The van der Waals surface area contributed by atoms with Gasteiger partial charge in [-0.3, -0.25) is 4.79 Å². The maximum absolute atomic E-state index is 12.2. The minimum atomic E-state index is -0.199. The zero-order chi connectivity index (χ0) is 15.7. The molecule has 23 heavy (non-hydrogen) atoms. The predicted molar refractivity (Wildman–Crippen MR) is 92.6 cm³/mol. The average Bonchev–Trinajstić information content (AvgIpc) is 2.57. The van der Waals surface area contributed by atoms with Gasteiger partial charge < -0.3 is 15.4 Å². The summed E-state index contributed by atoms with van der Waals surface area (Å²) in [5.74, 6) is 1.78. The molecule has 1 aliphatic heterocycles. The Kier molecular flexibility index (Phi) is 5.43. The van der Waals surface area contributed by atoms with Crippen LogP contribution in [-0.2, 0) is 7.05 Å². The van der Waals surface area contributed by atoms with Crippen LogP contribution < -0.4 is 20.9 Å². The van der Waals surface area contributed by atoms with Crippen molar-refractivity contribution in [2.24, 2.45) is 18.7 Å². The number of ether oxygens (including phenoxy) is 1. The van der Waals surface area contributed by atoms with E-state index in [4.69, 9.17) is 10.5 Å². The van der Waals surface area contributed by atoms with Gasteiger partial charge in [-0.25, -0.2) is 4.68 Å². The van der Waals surface area contributed by atoms with Crippen molar-refractivity contribution < 1.29 is 4.74 Å². The minimum Gasteiger partial charge on any atom is -0.480 e. The average molecular weight is 340 g/mol. The van der Waals surface area contributed by atoms with Crippen LogP contribution >= 0.6 is 12.4 Å². The molecule has 0 amide bonds. The van der Waals surface area contributed by atoms with Crippen molar-refractivity contribution in [1.82, 2.24) is 14.8 Å². The van der Waals surface area contributed by atoms with Gasteiger partial charge in [0.1, 0.15) is 11.2 Å². The molecule has 0 spiro atoms. The molecule has 2 aromatic heterocycles. The second kappa shape index (κ2) is 7.14. The number of nitrogens with two attached hydrogens (primary N) is 1. The number of fused-ring (bicyclic) bond motifs is 1. The van der Waals surface area contributed by atoms with Gasteiger partial charge in [0.15, 0.2) is 0 Å². The summed E-state index contributed by atoms with van der Waals surface area (Å²) >= 11 is 0. The van der Waals surface area contributed by atoms with Crippen molar-refractivity contribution in [1.29, 1.82) is 0 Å². The van der Waals surface area contributed by atoms with Crippen molar-refractivity contribution in [2.75, 3.05) is 31.6 Å². The minimum absolute atomic E-state index is 0. The summed E-state index contributed by atoms with van der Waals surface area (Å²) < 4.78 is 6.63. The van der Waals surface area contributed by atoms with E-state index in [0.717, 1.165) is 43.7 Å². The van der Waals surface area contributed by atoms with Crippen LogP contribution in [0.4, 0.5) is 5.82 Å². The molecule has 0 atom stereocenters. The van der Waals surface area contributed by atoms with Gasteiger partial charge in [0.2, 0.25) is 5.88 Å². The maximum Gasteiger partial charge on any atom is 0.279 e. The lowest BCUT2D eigenvalue weighted by atomic mass is 9.97. The summed E-state index contributed by atoms with van der Waals surface area (Å²) in [6, 6.07) is 1.91. The SMILES string of the molecule is COc1nc(N2CCC(CN)CC2)cc2cnn(C)c(=O)c12.Cl. The molecule has 0 aromatic carbocycles. The Morgan fingerprint density at radius 2 is 2.09 bits per heavy atom. The molecule has 0 radical (unpaired) electrons. The number of hydrogen-bond donors (Lipinski definition) is 1. The lowest BCUT2D eigenvalue weighted by Gasteiger charge is -2.32. The van der Waals surface area contributed by atoms with E-state index in [1.54, 1.807) is 13.2 Å². The fourth-order valence-electron chi connectivity index (χ4n) is 2.91. The van der Waals surface area contributed by atoms with Crippen LogP contribution in [0.2, 0.25) is 0 Å². The molecule has 0 aliphatic carbocycles. The van der Waals surface area contributed by atoms with Gasteiger partial charge in [0.05, 0.1) is 13.3 Å². The highest BCUT2D eigenvalue weighted by atomic mass is 35.5. The first-order valence-electron chi connectivity index (χ1n) is 7.50. The number of rotatable bonds is 3. The van der Waals surface area contributed by atoms with Crippen LogP contribution in [0.25, 0.3) is 10.8 Å². The number of anilines is 1. The molecule has 3 heterocycles. The van der Waals surface area contributed by atoms with Gasteiger partial charge in [-0.2, -0.15) is 10.1 Å². The van der Waals surface area contributed by atoms with E-state index in [1.807, 2.05) is 6.07 Å². The largest absolute Gasteiger partial charge is 0.480 e. The number of pyridine rings is 1. The second-order valence-electron chi connectivity index (χ2n) is 5.69. The highest BCUT2D eigenvalue weighted by Gasteiger charge is 2.21. The molecule has 3 rings (SSSR count). The second-order valence-corrected chi connectivity index (χ2v) is 5.69. The first-order chi connectivity index (χ1) is 10.6. The maximum atomic E-state index is 12.2. The molecular weight excluding hydrogens is 318 g/mol. The smallest absolute Gasteiger partial charge is 0.279 e. The summed E-state index contributed by atoms with van der Waals surface area (Å²) in [4.78, 5) is 19.0. The van der Waals surface area contributed by atoms with Crippen LogP contribution in [0.15, 0.2) is 17.1 Å². The van der Waals surface area contributed by atoms with Gasteiger partial charge >= 0.3 is 0 Å². The van der Waals surface area contributed by atoms with Crippen molar-refractivity contribution >= 4 is 29.0 Å². The summed E-state index contributed by atoms with van der Waals surface area (Å²) in [7, 11) is 3.15. The topological polar surface area (TPSA) is 86.3 Å². The molecule has 0 saturated carbocycles. The van der Waals surface area contributed by atoms with Gasteiger partial charge in [-0.1, -0.05) is 0 Å². The number of hydrogen-bond acceptors (Lipinski definition) is 6. The van der Waals surface area contributed by atoms with Gasteiger partial charge in [0.25, 0.3) is 5.56 Å². The number of piperidine rings is 1. The fraction of sp³-hybridized carbons (Fsp3) is 0.533. The Labute approximate surface area is 140 Å². The van der Waals surface area contributed by atoms with E-state index in [2.05, 4.69) is 15.0 Å². The van der Waals surface area contributed by atoms with E-state index in [-0.39, 0.29) is 18.0 Å². The molecule has 2 aromatic rings. The Morgan fingerprint density at radius 1 is 1.39 bits per heavy atom. The summed E-state index contributed by atoms with van der Waals surface area (Å²) in [6.45, 7) is 2.58. The fourth-order valence-corrected chi connectivity index (χ4v) is 2.91. The van der Waals surface area contributed by atoms with Gasteiger partial charge in [-0.15, -0.1) is 12.4 Å². The number of halogens is 1. The lowest BCUT2D eigenvalue weighted by Crippen LogP contribution is -2.36. The highest BCUT2D eigenvalue weighted by molar-refractivity contribution is 5.87. The normalized spacial score (nSPS) is 15.5. The molecule has 1 aliphatic rings. The van der Waals surface area contributed by atoms with Crippen LogP contribution in [0, 0.1) is 5.92 Å². The number of nitrogens with zero attached hydrogens (tertiary/aromatic N) is 4. The Bertz CT molecular complexity index is 740. The van der Waals surface area contributed by atoms with Crippen LogP contribution in [0.3, 0.4) is 0 Å². The first kappa shape index (κ1) is 17.5. The van der Waals surface area contributed by atoms with E-state index < -0.39 is 0 Å². The Morgan fingerprint density at radius 3 is 2.70 bits per heavy atom. The van der Waals surface area contributed by atoms with Crippen molar-refractivity contribution in [2.45, 2.75) is 12.8 Å². The third-order valence-corrected chi connectivity index (χ3v) is 4.35. The summed E-state index contributed by atoms with van der Waals surface area (Å²) in [6.07, 6.45) is 3.80. The number of aromatic nitrogens is 3. The monoisotopic (exact) mass is 339 g/mol.